The highest BCUT2D eigenvalue weighted by molar-refractivity contribution is 5.59. The minimum Gasteiger partial charge on any atom is -0.434 e. The number of hydrogen-bond donors (Lipinski definition) is 0. The van der Waals surface area contributed by atoms with E-state index >= 15 is 0 Å². The molecule has 0 saturated heterocycles. The highest BCUT2D eigenvalue weighted by Crippen LogP contribution is 2.08. The van der Waals surface area contributed by atoms with Gasteiger partial charge in [0.25, 0.3) is 0 Å². The third kappa shape index (κ3) is 4.34. The summed E-state index contributed by atoms with van der Waals surface area (Å²) in [6.45, 7) is 6.61. The summed E-state index contributed by atoms with van der Waals surface area (Å²) in [4.78, 5) is 11.2. The number of carbonyl (C=O) groups excluding carboxylic acids is 1. The molecular formula is C13H18O3. The average molecular weight is 222 g/mol. The molecule has 0 saturated carbocycles. The van der Waals surface area contributed by atoms with E-state index in [1.54, 1.807) is 0 Å². The molecule has 0 N–H and O–H groups in total. The molecule has 0 unspecified atom stereocenters. The smallest absolute Gasteiger partial charge is 0.434 e. The molecule has 0 aromatic heterocycles. The van der Waals surface area contributed by atoms with E-state index in [0.29, 0.717) is 12.5 Å². The van der Waals surface area contributed by atoms with Crippen LogP contribution < -0.4 is 0 Å². The number of aryl methyl sites for hydroxylation is 1. The summed E-state index contributed by atoms with van der Waals surface area (Å²) in [6.07, 6.45) is -0.600. The van der Waals surface area contributed by atoms with E-state index in [9.17, 15) is 4.79 Å². The Balaban J connectivity index is 2.35. The number of ether oxygens (including phenoxy) is 2. The van der Waals surface area contributed by atoms with Crippen molar-refractivity contribution in [3.63, 3.8) is 0 Å². The summed E-state index contributed by atoms with van der Waals surface area (Å²) in [7, 11) is 0. The zero-order valence-electron chi connectivity index (χ0n) is 10.0. The van der Waals surface area contributed by atoms with Gasteiger partial charge in [0.2, 0.25) is 0 Å². The fourth-order valence-corrected chi connectivity index (χ4v) is 1.19. The molecule has 0 radical (unpaired) electrons. The Labute approximate surface area is 96.4 Å². The molecule has 0 aliphatic rings. The van der Waals surface area contributed by atoms with Gasteiger partial charge in [0.05, 0.1) is 6.61 Å². The van der Waals surface area contributed by atoms with Crippen LogP contribution in [0.1, 0.15) is 25.0 Å². The maximum Gasteiger partial charge on any atom is 0.508 e. The van der Waals surface area contributed by atoms with Gasteiger partial charge in [-0.2, -0.15) is 0 Å². The van der Waals surface area contributed by atoms with Crippen LogP contribution in [0.2, 0.25) is 0 Å². The Bertz CT molecular complexity index is 345. The summed E-state index contributed by atoms with van der Waals surface area (Å²) < 4.78 is 9.90. The van der Waals surface area contributed by atoms with Gasteiger partial charge in [0.1, 0.15) is 6.61 Å². The third-order valence-corrected chi connectivity index (χ3v) is 2.14. The van der Waals surface area contributed by atoms with Crippen molar-refractivity contribution in [2.24, 2.45) is 5.92 Å². The highest BCUT2D eigenvalue weighted by atomic mass is 16.7. The molecule has 0 spiro atoms. The van der Waals surface area contributed by atoms with Crippen molar-refractivity contribution in [2.75, 3.05) is 6.61 Å². The van der Waals surface area contributed by atoms with Gasteiger partial charge < -0.3 is 9.47 Å². The van der Waals surface area contributed by atoms with Crippen molar-refractivity contribution in [3.8, 4) is 0 Å². The van der Waals surface area contributed by atoms with E-state index in [0.717, 1.165) is 11.1 Å². The van der Waals surface area contributed by atoms with Crippen LogP contribution in [0.15, 0.2) is 24.3 Å². The lowest BCUT2D eigenvalue weighted by Gasteiger charge is -2.09. The van der Waals surface area contributed by atoms with E-state index in [-0.39, 0.29) is 6.61 Å². The molecule has 1 aromatic carbocycles. The Morgan fingerprint density at radius 1 is 1.25 bits per heavy atom. The quantitative estimate of drug-likeness (QED) is 0.733. The summed E-state index contributed by atoms with van der Waals surface area (Å²) >= 11 is 0. The van der Waals surface area contributed by atoms with E-state index < -0.39 is 6.16 Å². The maximum absolute atomic E-state index is 11.2. The monoisotopic (exact) mass is 222 g/mol. The van der Waals surface area contributed by atoms with Crippen molar-refractivity contribution in [2.45, 2.75) is 27.4 Å². The molecule has 16 heavy (non-hydrogen) atoms. The number of carbonyl (C=O) groups is 1. The Kier molecular flexibility index (Phi) is 4.83. The first kappa shape index (κ1) is 12.6. The van der Waals surface area contributed by atoms with Crippen LogP contribution >= 0.6 is 0 Å². The van der Waals surface area contributed by atoms with Gasteiger partial charge in [-0.25, -0.2) is 4.79 Å². The normalized spacial score (nSPS) is 10.2. The molecule has 1 rings (SSSR count). The first-order valence-corrected chi connectivity index (χ1v) is 5.43. The molecule has 3 nitrogen and oxygen atoms in total. The molecule has 3 heteroatoms. The summed E-state index contributed by atoms with van der Waals surface area (Å²) in [5.41, 5.74) is 2.11. The maximum atomic E-state index is 11.2. The predicted octanol–water partition coefficient (Wildman–Crippen LogP) is 3.30. The second-order valence-corrected chi connectivity index (χ2v) is 4.17. The second kappa shape index (κ2) is 6.16. The van der Waals surface area contributed by atoms with Crippen molar-refractivity contribution >= 4 is 6.16 Å². The fraction of sp³-hybridized carbons (Fsp3) is 0.462. The number of rotatable bonds is 4. The fourth-order valence-electron chi connectivity index (χ4n) is 1.19. The molecule has 0 aliphatic carbocycles. The molecule has 0 fully saturated rings. The van der Waals surface area contributed by atoms with Crippen molar-refractivity contribution < 1.29 is 14.3 Å². The van der Waals surface area contributed by atoms with Crippen molar-refractivity contribution in [1.82, 2.24) is 0 Å². The van der Waals surface area contributed by atoms with Gasteiger partial charge in [0, 0.05) is 0 Å². The third-order valence-electron chi connectivity index (χ3n) is 2.14. The van der Waals surface area contributed by atoms with Crippen LogP contribution in [0, 0.1) is 12.8 Å². The zero-order valence-corrected chi connectivity index (χ0v) is 10.0. The average Bonchev–Trinajstić information content (AvgIpc) is 2.25. The van der Waals surface area contributed by atoms with Gasteiger partial charge >= 0.3 is 6.16 Å². The van der Waals surface area contributed by atoms with Crippen LogP contribution in [0.4, 0.5) is 4.79 Å². The van der Waals surface area contributed by atoms with Gasteiger partial charge in [-0.3, -0.25) is 0 Å². The lowest BCUT2D eigenvalue weighted by Crippen LogP contribution is -2.11. The Morgan fingerprint density at radius 2 is 1.94 bits per heavy atom. The molecule has 88 valence electrons. The Morgan fingerprint density at radius 3 is 2.56 bits per heavy atom. The standard InChI is InChI=1S/C13H18O3/c1-10(2)8-15-13(14)16-9-12-7-5-4-6-11(12)3/h4-7,10H,8-9H2,1-3H3. The minimum atomic E-state index is -0.600. The molecular weight excluding hydrogens is 204 g/mol. The lowest BCUT2D eigenvalue weighted by atomic mass is 10.1. The second-order valence-electron chi connectivity index (χ2n) is 4.17. The molecule has 0 bridgehead atoms. The largest absolute Gasteiger partial charge is 0.508 e. The minimum absolute atomic E-state index is 0.267. The number of benzene rings is 1. The molecule has 0 heterocycles. The molecule has 0 amide bonds. The molecule has 0 atom stereocenters. The van der Waals surface area contributed by atoms with E-state index in [4.69, 9.17) is 9.47 Å². The summed E-state index contributed by atoms with van der Waals surface area (Å²) in [5, 5.41) is 0. The van der Waals surface area contributed by atoms with E-state index in [1.165, 1.54) is 0 Å². The zero-order chi connectivity index (χ0) is 12.0. The first-order valence-electron chi connectivity index (χ1n) is 5.43. The predicted molar refractivity (Wildman–Crippen MR) is 62.2 cm³/mol. The van der Waals surface area contributed by atoms with Gasteiger partial charge in [-0.05, 0) is 24.0 Å². The van der Waals surface area contributed by atoms with Gasteiger partial charge in [-0.1, -0.05) is 38.1 Å². The summed E-state index contributed by atoms with van der Waals surface area (Å²) in [5.74, 6) is 0.325. The van der Waals surface area contributed by atoms with Crippen LogP contribution in [0.5, 0.6) is 0 Å². The lowest BCUT2D eigenvalue weighted by molar-refractivity contribution is 0.0424. The van der Waals surface area contributed by atoms with Crippen molar-refractivity contribution in [1.29, 1.82) is 0 Å². The topological polar surface area (TPSA) is 35.5 Å². The van der Waals surface area contributed by atoms with Crippen molar-refractivity contribution in [3.05, 3.63) is 35.4 Å². The van der Waals surface area contributed by atoms with E-state index in [2.05, 4.69) is 0 Å². The highest BCUT2D eigenvalue weighted by Gasteiger charge is 2.06. The summed E-state index contributed by atoms with van der Waals surface area (Å²) in [6, 6.07) is 7.80. The van der Waals surface area contributed by atoms with Gasteiger partial charge in [-0.15, -0.1) is 0 Å². The SMILES string of the molecule is Cc1ccccc1COC(=O)OCC(C)C. The van der Waals surface area contributed by atoms with Crippen LogP contribution in [-0.4, -0.2) is 12.8 Å². The van der Waals surface area contributed by atoms with E-state index in [1.807, 2.05) is 45.0 Å². The van der Waals surface area contributed by atoms with Gasteiger partial charge in [0.15, 0.2) is 0 Å². The van der Waals surface area contributed by atoms with Crippen LogP contribution in [0.25, 0.3) is 0 Å². The number of hydrogen-bond acceptors (Lipinski definition) is 3. The Hall–Kier alpha value is -1.51. The van der Waals surface area contributed by atoms with Crippen LogP contribution in [0.3, 0.4) is 0 Å². The molecule has 0 aliphatic heterocycles. The molecule has 1 aromatic rings. The first-order chi connectivity index (χ1) is 7.59. The van der Waals surface area contributed by atoms with Crippen LogP contribution in [-0.2, 0) is 16.1 Å².